The molecular formula is C22H22N2O4. The van der Waals surface area contributed by atoms with E-state index in [1.54, 1.807) is 28.0 Å². The maximum Gasteiger partial charge on any atom is 0.289 e. The Balaban J connectivity index is 1.43. The van der Waals surface area contributed by atoms with Crippen LogP contribution in [-0.4, -0.2) is 54.4 Å². The molecule has 0 atom stereocenters. The second-order valence-electron chi connectivity index (χ2n) is 6.66. The molecule has 0 aliphatic carbocycles. The Morgan fingerprint density at radius 2 is 1.57 bits per heavy atom. The highest BCUT2D eigenvalue weighted by Gasteiger charge is 2.28. The van der Waals surface area contributed by atoms with E-state index in [1.807, 2.05) is 43.3 Å². The standard InChI is InChI=1S/C22H22N2O4/c1-2-27-19-10-6-4-8-17(19)21(25)23-11-13-24(14-12-23)22(26)20-15-16-7-3-5-9-18(16)28-20/h3-10,15H,2,11-14H2,1H3. The fraction of sp³-hybridized carbons (Fsp3) is 0.273. The monoisotopic (exact) mass is 378 g/mol. The van der Waals surface area contributed by atoms with Crippen molar-refractivity contribution in [1.29, 1.82) is 0 Å². The number of carbonyl (C=O) groups is 2. The topological polar surface area (TPSA) is 63.0 Å². The van der Waals surface area contributed by atoms with Crippen LogP contribution in [0.15, 0.2) is 59.0 Å². The van der Waals surface area contributed by atoms with E-state index in [0.717, 1.165) is 5.39 Å². The molecule has 3 aromatic rings. The van der Waals surface area contributed by atoms with Gasteiger partial charge in [0, 0.05) is 31.6 Å². The van der Waals surface area contributed by atoms with Crippen LogP contribution in [0.5, 0.6) is 5.75 Å². The molecule has 0 bridgehead atoms. The summed E-state index contributed by atoms with van der Waals surface area (Å²) in [5.41, 5.74) is 1.26. The summed E-state index contributed by atoms with van der Waals surface area (Å²) in [6, 6.07) is 16.6. The number of hydrogen-bond donors (Lipinski definition) is 0. The number of carbonyl (C=O) groups excluding carboxylic acids is 2. The number of nitrogens with zero attached hydrogens (tertiary/aromatic N) is 2. The van der Waals surface area contributed by atoms with E-state index >= 15 is 0 Å². The average molecular weight is 378 g/mol. The lowest BCUT2D eigenvalue weighted by Crippen LogP contribution is -2.50. The van der Waals surface area contributed by atoms with Crippen LogP contribution in [0.2, 0.25) is 0 Å². The van der Waals surface area contributed by atoms with Crippen LogP contribution < -0.4 is 4.74 Å². The van der Waals surface area contributed by atoms with Crippen LogP contribution in [0.4, 0.5) is 0 Å². The van der Waals surface area contributed by atoms with Crippen LogP contribution in [-0.2, 0) is 0 Å². The predicted molar refractivity (Wildman–Crippen MR) is 106 cm³/mol. The molecule has 2 heterocycles. The average Bonchev–Trinajstić information content (AvgIpc) is 3.18. The Morgan fingerprint density at radius 1 is 0.929 bits per heavy atom. The Morgan fingerprint density at radius 3 is 2.29 bits per heavy atom. The first kappa shape index (κ1) is 18.1. The van der Waals surface area contributed by atoms with Crippen molar-refractivity contribution >= 4 is 22.8 Å². The molecule has 6 heteroatoms. The van der Waals surface area contributed by atoms with E-state index in [0.29, 0.717) is 55.4 Å². The number of ether oxygens (including phenoxy) is 1. The molecule has 1 fully saturated rings. The summed E-state index contributed by atoms with van der Waals surface area (Å²) in [4.78, 5) is 29.1. The molecule has 0 unspecified atom stereocenters. The van der Waals surface area contributed by atoms with Gasteiger partial charge in [-0.15, -0.1) is 0 Å². The summed E-state index contributed by atoms with van der Waals surface area (Å²) < 4.78 is 11.3. The Kier molecular flexibility index (Phi) is 5.02. The highest BCUT2D eigenvalue weighted by atomic mass is 16.5. The van der Waals surface area contributed by atoms with Crippen molar-refractivity contribution in [2.24, 2.45) is 0 Å². The van der Waals surface area contributed by atoms with E-state index in [4.69, 9.17) is 9.15 Å². The Bertz CT molecular complexity index is 969. The van der Waals surface area contributed by atoms with Crippen molar-refractivity contribution < 1.29 is 18.7 Å². The lowest BCUT2D eigenvalue weighted by atomic mass is 10.1. The van der Waals surface area contributed by atoms with E-state index in [2.05, 4.69) is 0 Å². The van der Waals surface area contributed by atoms with E-state index in [9.17, 15) is 9.59 Å². The number of benzene rings is 2. The number of amides is 2. The van der Waals surface area contributed by atoms with Crippen LogP contribution in [0.1, 0.15) is 27.8 Å². The van der Waals surface area contributed by atoms with E-state index < -0.39 is 0 Å². The smallest absolute Gasteiger partial charge is 0.289 e. The highest BCUT2D eigenvalue weighted by molar-refractivity contribution is 5.98. The van der Waals surface area contributed by atoms with Crippen LogP contribution in [0.25, 0.3) is 11.0 Å². The lowest BCUT2D eigenvalue weighted by molar-refractivity contribution is 0.0517. The maximum atomic E-state index is 12.9. The van der Waals surface area contributed by atoms with Crippen molar-refractivity contribution in [3.63, 3.8) is 0 Å². The molecule has 4 rings (SSSR count). The van der Waals surface area contributed by atoms with Crippen molar-refractivity contribution in [2.45, 2.75) is 6.92 Å². The minimum Gasteiger partial charge on any atom is -0.493 e. The Hall–Kier alpha value is -3.28. The minimum absolute atomic E-state index is 0.0695. The molecule has 2 amide bonds. The number of hydrogen-bond acceptors (Lipinski definition) is 4. The second-order valence-corrected chi connectivity index (χ2v) is 6.66. The molecule has 1 aliphatic rings. The van der Waals surface area contributed by atoms with Crippen molar-refractivity contribution in [1.82, 2.24) is 9.80 Å². The van der Waals surface area contributed by atoms with Gasteiger partial charge in [0.15, 0.2) is 5.76 Å². The summed E-state index contributed by atoms with van der Waals surface area (Å²) in [6.45, 7) is 4.29. The molecule has 144 valence electrons. The summed E-state index contributed by atoms with van der Waals surface area (Å²) in [7, 11) is 0. The summed E-state index contributed by atoms with van der Waals surface area (Å²) in [5, 5.41) is 0.909. The van der Waals surface area contributed by atoms with Gasteiger partial charge in [-0.05, 0) is 31.2 Å². The molecule has 0 radical (unpaired) electrons. The second kappa shape index (κ2) is 7.76. The van der Waals surface area contributed by atoms with Crippen molar-refractivity contribution in [2.75, 3.05) is 32.8 Å². The fourth-order valence-electron chi connectivity index (χ4n) is 3.45. The number of fused-ring (bicyclic) bond motifs is 1. The van der Waals surface area contributed by atoms with Gasteiger partial charge >= 0.3 is 0 Å². The van der Waals surface area contributed by atoms with Gasteiger partial charge in [-0.25, -0.2) is 0 Å². The molecule has 2 aromatic carbocycles. The van der Waals surface area contributed by atoms with Gasteiger partial charge in [0.05, 0.1) is 12.2 Å². The fourth-order valence-corrected chi connectivity index (χ4v) is 3.45. The van der Waals surface area contributed by atoms with Crippen molar-refractivity contribution in [3.05, 3.63) is 65.9 Å². The molecular weight excluding hydrogens is 356 g/mol. The summed E-state index contributed by atoms with van der Waals surface area (Å²) >= 11 is 0. The van der Waals surface area contributed by atoms with Gasteiger partial charge in [0.2, 0.25) is 0 Å². The number of para-hydroxylation sites is 2. The van der Waals surface area contributed by atoms with E-state index in [1.165, 1.54) is 0 Å². The molecule has 1 aliphatic heterocycles. The zero-order valence-electron chi connectivity index (χ0n) is 15.8. The zero-order valence-corrected chi connectivity index (χ0v) is 15.8. The van der Waals surface area contributed by atoms with Gasteiger partial charge in [-0.1, -0.05) is 30.3 Å². The quantitative estimate of drug-likeness (QED) is 0.698. The highest BCUT2D eigenvalue weighted by Crippen LogP contribution is 2.23. The van der Waals surface area contributed by atoms with Crippen molar-refractivity contribution in [3.8, 4) is 5.75 Å². The number of rotatable bonds is 4. The first-order chi connectivity index (χ1) is 13.7. The largest absolute Gasteiger partial charge is 0.493 e. The van der Waals surface area contributed by atoms with E-state index in [-0.39, 0.29) is 11.8 Å². The van der Waals surface area contributed by atoms with Gasteiger partial charge in [-0.3, -0.25) is 9.59 Å². The zero-order chi connectivity index (χ0) is 19.5. The SMILES string of the molecule is CCOc1ccccc1C(=O)N1CCN(C(=O)c2cc3ccccc3o2)CC1. The molecule has 0 saturated carbocycles. The third-order valence-corrected chi connectivity index (χ3v) is 4.91. The van der Waals surface area contributed by atoms with Gasteiger partial charge in [0.25, 0.3) is 11.8 Å². The summed E-state index contributed by atoms with van der Waals surface area (Å²) in [5.74, 6) is 0.719. The predicted octanol–water partition coefficient (Wildman–Crippen LogP) is 3.43. The molecule has 1 saturated heterocycles. The van der Waals surface area contributed by atoms with Gasteiger partial charge in [0.1, 0.15) is 11.3 Å². The van der Waals surface area contributed by atoms with Gasteiger partial charge < -0.3 is 19.0 Å². The normalized spacial score (nSPS) is 14.3. The minimum atomic E-state index is -0.141. The first-order valence-electron chi connectivity index (χ1n) is 9.46. The molecule has 1 aromatic heterocycles. The third kappa shape index (κ3) is 3.45. The summed E-state index contributed by atoms with van der Waals surface area (Å²) in [6.07, 6.45) is 0. The van der Waals surface area contributed by atoms with Crippen LogP contribution in [0, 0.1) is 0 Å². The maximum absolute atomic E-state index is 12.9. The van der Waals surface area contributed by atoms with Crippen LogP contribution >= 0.6 is 0 Å². The number of furan rings is 1. The molecule has 0 N–H and O–H groups in total. The molecule has 0 spiro atoms. The molecule has 6 nitrogen and oxygen atoms in total. The lowest BCUT2D eigenvalue weighted by Gasteiger charge is -2.34. The van der Waals surface area contributed by atoms with Crippen LogP contribution in [0.3, 0.4) is 0 Å². The van der Waals surface area contributed by atoms with Gasteiger partial charge in [-0.2, -0.15) is 0 Å². The molecule has 28 heavy (non-hydrogen) atoms. The number of piperazine rings is 1. The first-order valence-corrected chi connectivity index (χ1v) is 9.46. The Labute approximate surface area is 163 Å². The third-order valence-electron chi connectivity index (χ3n) is 4.91.